The number of carboxylic acid groups (broad SMARTS) is 3. The Hall–Kier alpha value is -1.59. The van der Waals surface area contributed by atoms with Crippen LogP contribution < -0.4 is 0 Å². The van der Waals surface area contributed by atoms with Gasteiger partial charge in [0.05, 0.1) is 0 Å². The van der Waals surface area contributed by atoms with Gasteiger partial charge in [0, 0.05) is 12.8 Å². The molecule has 0 heterocycles. The molecule has 2 bridgehead atoms. The molecule has 2 rings (SSSR count). The summed E-state index contributed by atoms with van der Waals surface area (Å²) in [6.07, 6.45) is 10.1. The van der Waals surface area contributed by atoms with Crippen molar-refractivity contribution in [2.45, 2.75) is 91.4 Å². The van der Waals surface area contributed by atoms with Crippen molar-refractivity contribution in [1.29, 1.82) is 0 Å². The van der Waals surface area contributed by atoms with E-state index in [-0.39, 0.29) is 35.6 Å². The van der Waals surface area contributed by atoms with Gasteiger partial charge in [0.25, 0.3) is 6.47 Å². The molecule has 27 heavy (non-hydrogen) atoms. The summed E-state index contributed by atoms with van der Waals surface area (Å²) in [6.45, 7) is 6.55. The number of aliphatic carboxylic acids is 2. The summed E-state index contributed by atoms with van der Waals surface area (Å²) in [4.78, 5) is 30.4. The molecule has 0 amide bonds. The summed E-state index contributed by atoms with van der Waals surface area (Å²) in [5, 5.41) is 25.0. The van der Waals surface area contributed by atoms with Crippen LogP contribution in [-0.2, 0) is 14.4 Å². The van der Waals surface area contributed by atoms with Gasteiger partial charge in [0.1, 0.15) is 0 Å². The minimum Gasteiger partial charge on any atom is -0.483 e. The zero-order valence-corrected chi connectivity index (χ0v) is 17.0. The maximum atomic E-state index is 11.0. The molecule has 0 aliphatic heterocycles. The second-order valence-corrected chi connectivity index (χ2v) is 9.60. The van der Waals surface area contributed by atoms with Crippen LogP contribution in [0.25, 0.3) is 0 Å². The van der Waals surface area contributed by atoms with Gasteiger partial charge in [-0.25, -0.2) is 0 Å². The monoisotopic (exact) mass is 384 g/mol. The van der Waals surface area contributed by atoms with Gasteiger partial charge in [-0.15, -0.1) is 0 Å². The minimum atomic E-state index is -0.692. The van der Waals surface area contributed by atoms with Crippen molar-refractivity contribution in [2.75, 3.05) is 0 Å². The van der Waals surface area contributed by atoms with E-state index in [0.717, 1.165) is 44.9 Å². The van der Waals surface area contributed by atoms with Gasteiger partial charge in [-0.1, -0.05) is 27.2 Å². The number of carboxylic acids is 2. The third-order valence-electron chi connectivity index (χ3n) is 6.55. The van der Waals surface area contributed by atoms with E-state index in [1.165, 1.54) is 12.8 Å². The molecule has 2 unspecified atom stereocenters. The lowest BCUT2D eigenvalue weighted by Gasteiger charge is -2.58. The highest BCUT2D eigenvalue weighted by Crippen LogP contribution is 2.63. The van der Waals surface area contributed by atoms with Crippen LogP contribution in [0.15, 0.2) is 0 Å². The lowest BCUT2D eigenvalue weighted by atomic mass is 9.47. The zero-order valence-electron chi connectivity index (χ0n) is 17.0. The van der Waals surface area contributed by atoms with Crippen molar-refractivity contribution in [3.05, 3.63) is 0 Å². The summed E-state index contributed by atoms with van der Waals surface area (Å²) in [5.41, 5.74) is 0.547. The van der Waals surface area contributed by atoms with E-state index < -0.39 is 11.9 Å². The Morgan fingerprint density at radius 1 is 0.926 bits per heavy atom. The van der Waals surface area contributed by atoms with Crippen LogP contribution in [-0.4, -0.2) is 33.7 Å². The van der Waals surface area contributed by atoms with Crippen molar-refractivity contribution < 1.29 is 29.7 Å². The molecule has 0 saturated heterocycles. The molecular weight excluding hydrogens is 348 g/mol. The normalized spacial score (nSPS) is 34.9. The standard InChI is InChI=1S/C20H34O4.CH2O2/c1-4-7-20-12-15(10-18(2,13-20)8-5-16(21)22)11-19(3,14-20)9-6-17(23)24;2-1-3/h15H,4-14H2,1-3H3,(H,21,22)(H,23,24);1H,(H,2,3). The van der Waals surface area contributed by atoms with E-state index >= 15 is 0 Å². The minimum absolute atomic E-state index is 0.130. The predicted molar refractivity (Wildman–Crippen MR) is 103 cm³/mol. The van der Waals surface area contributed by atoms with E-state index in [2.05, 4.69) is 20.8 Å². The van der Waals surface area contributed by atoms with Crippen molar-refractivity contribution >= 4 is 18.4 Å². The molecule has 0 radical (unpaired) electrons. The van der Waals surface area contributed by atoms with Crippen LogP contribution in [0.3, 0.4) is 0 Å². The first-order chi connectivity index (χ1) is 12.5. The number of rotatable bonds is 8. The highest BCUT2D eigenvalue weighted by atomic mass is 16.4. The van der Waals surface area contributed by atoms with E-state index in [9.17, 15) is 9.59 Å². The Labute approximate surface area is 162 Å². The maximum Gasteiger partial charge on any atom is 0.303 e. The molecule has 6 heteroatoms. The highest BCUT2D eigenvalue weighted by Gasteiger charge is 2.52. The Morgan fingerprint density at radius 2 is 1.33 bits per heavy atom. The average molecular weight is 385 g/mol. The second-order valence-electron chi connectivity index (χ2n) is 9.60. The van der Waals surface area contributed by atoms with Crippen LogP contribution in [0.2, 0.25) is 0 Å². The molecule has 6 nitrogen and oxygen atoms in total. The summed E-state index contributed by atoms with van der Waals surface area (Å²) in [5.74, 6) is -0.762. The number of carbonyl (C=O) groups is 3. The predicted octanol–water partition coefficient (Wildman–Crippen LogP) is 4.81. The van der Waals surface area contributed by atoms with E-state index in [4.69, 9.17) is 20.1 Å². The fourth-order valence-electron chi connectivity index (χ4n) is 6.39. The van der Waals surface area contributed by atoms with Crippen molar-refractivity contribution in [1.82, 2.24) is 0 Å². The molecular formula is C21H36O6. The summed E-state index contributed by atoms with van der Waals surface area (Å²) in [7, 11) is 0. The molecule has 2 aliphatic carbocycles. The lowest BCUT2D eigenvalue weighted by molar-refractivity contribution is -0.139. The van der Waals surface area contributed by atoms with Crippen molar-refractivity contribution in [2.24, 2.45) is 22.2 Å². The van der Waals surface area contributed by atoms with E-state index in [1.54, 1.807) is 0 Å². The molecule has 0 aromatic heterocycles. The molecule has 0 aromatic rings. The lowest BCUT2D eigenvalue weighted by Crippen LogP contribution is -2.47. The van der Waals surface area contributed by atoms with Gasteiger partial charge in [0.15, 0.2) is 0 Å². The number of fused-ring (bicyclic) bond motifs is 2. The van der Waals surface area contributed by atoms with Crippen LogP contribution in [0.4, 0.5) is 0 Å². The first kappa shape index (κ1) is 23.4. The van der Waals surface area contributed by atoms with Gasteiger partial charge >= 0.3 is 11.9 Å². The largest absolute Gasteiger partial charge is 0.483 e. The van der Waals surface area contributed by atoms with Gasteiger partial charge in [-0.3, -0.25) is 14.4 Å². The summed E-state index contributed by atoms with van der Waals surface area (Å²) < 4.78 is 0. The van der Waals surface area contributed by atoms with E-state index in [1.807, 2.05) is 0 Å². The van der Waals surface area contributed by atoms with Crippen LogP contribution in [0.1, 0.15) is 91.4 Å². The highest BCUT2D eigenvalue weighted by molar-refractivity contribution is 5.67. The molecule has 2 aliphatic rings. The Kier molecular flexibility index (Phi) is 8.30. The summed E-state index contributed by atoms with van der Waals surface area (Å²) in [6, 6.07) is 0. The first-order valence-electron chi connectivity index (χ1n) is 10.0. The zero-order chi connectivity index (χ0) is 20.7. The fourth-order valence-corrected chi connectivity index (χ4v) is 6.39. The average Bonchev–Trinajstić information content (AvgIpc) is 2.51. The molecule has 2 fully saturated rings. The smallest absolute Gasteiger partial charge is 0.303 e. The maximum absolute atomic E-state index is 11.0. The van der Waals surface area contributed by atoms with Crippen LogP contribution >= 0.6 is 0 Å². The van der Waals surface area contributed by atoms with Crippen LogP contribution in [0, 0.1) is 22.2 Å². The SMILES string of the molecule is CCCC12CC(CC(C)(CCC(=O)O)C1)CC(C)(CCC(=O)O)C2.O=CO. The van der Waals surface area contributed by atoms with E-state index in [0.29, 0.717) is 5.92 Å². The van der Waals surface area contributed by atoms with Gasteiger partial charge < -0.3 is 15.3 Å². The Bertz CT molecular complexity index is 495. The molecule has 3 N–H and O–H groups in total. The second kappa shape index (κ2) is 9.56. The molecule has 156 valence electrons. The van der Waals surface area contributed by atoms with Crippen LogP contribution in [0.5, 0.6) is 0 Å². The van der Waals surface area contributed by atoms with Gasteiger partial charge in [-0.2, -0.15) is 0 Å². The molecule has 0 spiro atoms. The summed E-state index contributed by atoms with van der Waals surface area (Å²) >= 11 is 0. The van der Waals surface area contributed by atoms with Gasteiger partial charge in [0.2, 0.25) is 0 Å². The molecule has 0 aromatic carbocycles. The van der Waals surface area contributed by atoms with Crippen molar-refractivity contribution in [3.8, 4) is 0 Å². The Balaban J connectivity index is 0.00000114. The van der Waals surface area contributed by atoms with Gasteiger partial charge in [-0.05, 0) is 73.5 Å². The third-order valence-corrected chi connectivity index (χ3v) is 6.55. The quantitative estimate of drug-likeness (QED) is 0.518. The number of hydrogen-bond acceptors (Lipinski definition) is 3. The number of hydrogen-bond donors (Lipinski definition) is 3. The topological polar surface area (TPSA) is 112 Å². The Morgan fingerprint density at radius 3 is 1.67 bits per heavy atom. The third kappa shape index (κ3) is 7.15. The molecule has 2 atom stereocenters. The fraction of sp³-hybridized carbons (Fsp3) is 0.857. The molecule has 2 saturated carbocycles. The first-order valence-corrected chi connectivity index (χ1v) is 10.0. The van der Waals surface area contributed by atoms with Crippen molar-refractivity contribution in [3.63, 3.8) is 0 Å².